The number of hydrogen-bond acceptors (Lipinski definition) is 2. The molecule has 1 aliphatic heterocycles. The molecule has 2 aromatic rings. The smallest absolute Gasteiger partial charge is 0.254 e. The van der Waals surface area contributed by atoms with E-state index in [1.165, 1.54) is 35.2 Å². The van der Waals surface area contributed by atoms with Gasteiger partial charge in [0.2, 0.25) is 0 Å². The van der Waals surface area contributed by atoms with Crippen molar-refractivity contribution in [3.8, 4) is 11.1 Å². The van der Waals surface area contributed by atoms with E-state index in [-0.39, 0.29) is 30.4 Å². The molecule has 0 aromatic heterocycles. The number of hydrogen-bond donors (Lipinski definition) is 1. The highest BCUT2D eigenvalue weighted by Crippen LogP contribution is 2.28. The summed E-state index contributed by atoms with van der Waals surface area (Å²) in [5.41, 5.74) is 1.80. The van der Waals surface area contributed by atoms with E-state index in [1.807, 2.05) is 0 Å². The van der Waals surface area contributed by atoms with Crippen molar-refractivity contribution in [2.45, 2.75) is 13.0 Å². The van der Waals surface area contributed by atoms with Crippen LogP contribution in [-0.2, 0) is 0 Å². The van der Waals surface area contributed by atoms with Crippen LogP contribution in [-0.4, -0.2) is 35.1 Å². The van der Waals surface area contributed by atoms with E-state index in [0.717, 1.165) is 0 Å². The SMILES string of the molecule is Cc1cc(F)ccc1-c1ccc(C(=O)N2CC(O)C2)cc1F. The Kier molecular flexibility index (Phi) is 3.66. The third-order valence-electron chi connectivity index (χ3n) is 3.84. The molecular formula is C17H15F2NO2. The molecule has 114 valence electrons. The molecular weight excluding hydrogens is 288 g/mol. The maximum Gasteiger partial charge on any atom is 0.254 e. The van der Waals surface area contributed by atoms with Crippen molar-refractivity contribution in [2.24, 2.45) is 0 Å². The molecule has 2 aromatic carbocycles. The van der Waals surface area contributed by atoms with Crippen molar-refractivity contribution in [3.05, 3.63) is 59.2 Å². The lowest BCUT2D eigenvalue weighted by Gasteiger charge is -2.35. The zero-order valence-corrected chi connectivity index (χ0v) is 12.0. The molecule has 0 radical (unpaired) electrons. The van der Waals surface area contributed by atoms with E-state index >= 15 is 0 Å². The van der Waals surface area contributed by atoms with Crippen molar-refractivity contribution >= 4 is 5.91 Å². The Morgan fingerprint density at radius 2 is 1.82 bits per heavy atom. The molecule has 3 rings (SSSR count). The summed E-state index contributed by atoms with van der Waals surface area (Å²) in [5, 5.41) is 9.22. The Morgan fingerprint density at radius 3 is 2.41 bits per heavy atom. The maximum atomic E-state index is 14.3. The number of amides is 1. The van der Waals surface area contributed by atoms with Crippen molar-refractivity contribution < 1.29 is 18.7 Å². The molecule has 0 atom stereocenters. The molecule has 3 nitrogen and oxygen atoms in total. The lowest BCUT2D eigenvalue weighted by Crippen LogP contribution is -2.53. The van der Waals surface area contributed by atoms with E-state index in [1.54, 1.807) is 13.0 Å². The lowest BCUT2D eigenvalue weighted by atomic mass is 9.98. The highest BCUT2D eigenvalue weighted by molar-refractivity contribution is 5.95. The van der Waals surface area contributed by atoms with Crippen LogP contribution >= 0.6 is 0 Å². The predicted octanol–water partition coefficient (Wildman–Crippen LogP) is 2.76. The average Bonchev–Trinajstić information content (AvgIpc) is 2.44. The van der Waals surface area contributed by atoms with E-state index in [0.29, 0.717) is 16.7 Å². The third-order valence-corrected chi connectivity index (χ3v) is 3.84. The number of likely N-dealkylation sites (tertiary alicyclic amines) is 1. The van der Waals surface area contributed by atoms with Crippen LogP contribution in [0.25, 0.3) is 11.1 Å². The molecule has 5 heteroatoms. The van der Waals surface area contributed by atoms with Gasteiger partial charge in [-0.25, -0.2) is 8.78 Å². The number of aliphatic hydroxyl groups excluding tert-OH is 1. The topological polar surface area (TPSA) is 40.5 Å². The number of rotatable bonds is 2. The van der Waals surface area contributed by atoms with Crippen LogP contribution < -0.4 is 0 Å². The highest BCUT2D eigenvalue weighted by atomic mass is 19.1. The normalized spacial score (nSPS) is 14.8. The summed E-state index contributed by atoms with van der Waals surface area (Å²) < 4.78 is 27.5. The van der Waals surface area contributed by atoms with Crippen LogP contribution in [0.5, 0.6) is 0 Å². The minimum Gasteiger partial charge on any atom is -0.389 e. The first-order valence-corrected chi connectivity index (χ1v) is 6.99. The van der Waals surface area contributed by atoms with E-state index in [2.05, 4.69) is 0 Å². The minimum absolute atomic E-state index is 0.243. The number of benzene rings is 2. The summed E-state index contributed by atoms with van der Waals surface area (Å²) in [6.45, 7) is 2.26. The molecule has 1 aliphatic rings. The van der Waals surface area contributed by atoms with Crippen LogP contribution in [0.15, 0.2) is 36.4 Å². The molecule has 1 amide bonds. The number of aryl methyl sites for hydroxylation is 1. The summed E-state index contributed by atoms with van der Waals surface area (Å²) in [6.07, 6.45) is -0.491. The predicted molar refractivity (Wildman–Crippen MR) is 78.4 cm³/mol. The van der Waals surface area contributed by atoms with Crippen LogP contribution in [0.2, 0.25) is 0 Å². The standard InChI is InChI=1S/C17H15F2NO2/c1-10-6-12(18)3-5-14(10)15-4-2-11(7-16(15)19)17(22)20-8-13(21)9-20/h2-7,13,21H,8-9H2,1H3. The fraction of sp³-hybridized carbons (Fsp3) is 0.235. The summed E-state index contributed by atoms with van der Waals surface area (Å²) >= 11 is 0. The van der Waals surface area contributed by atoms with Crippen LogP contribution in [0, 0.1) is 18.6 Å². The molecule has 0 aliphatic carbocycles. The number of β-amino-alcohol motifs (C(OH)–C–C–N with tert-alkyl or cyclic N) is 1. The van der Waals surface area contributed by atoms with Gasteiger partial charge < -0.3 is 10.0 Å². The quantitative estimate of drug-likeness (QED) is 0.927. The van der Waals surface area contributed by atoms with Crippen molar-refractivity contribution in [1.29, 1.82) is 0 Å². The summed E-state index contributed by atoms with van der Waals surface area (Å²) in [7, 11) is 0. The summed E-state index contributed by atoms with van der Waals surface area (Å²) in [4.78, 5) is 13.5. The second-order valence-electron chi connectivity index (χ2n) is 5.52. The number of nitrogens with zero attached hydrogens (tertiary/aromatic N) is 1. The Balaban J connectivity index is 1.90. The first kappa shape index (κ1) is 14.7. The molecule has 0 saturated carbocycles. The fourth-order valence-electron chi connectivity index (χ4n) is 2.60. The van der Waals surface area contributed by atoms with Crippen LogP contribution in [0.4, 0.5) is 8.78 Å². The second kappa shape index (κ2) is 5.50. The van der Waals surface area contributed by atoms with Crippen LogP contribution in [0.3, 0.4) is 0 Å². The van der Waals surface area contributed by atoms with Gasteiger partial charge in [0, 0.05) is 24.2 Å². The minimum atomic E-state index is -0.526. The summed E-state index contributed by atoms with van der Waals surface area (Å²) in [6, 6.07) is 8.41. The van der Waals surface area contributed by atoms with Gasteiger partial charge in [0.25, 0.3) is 5.91 Å². The van der Waals surface area contributed by atoms with Gasteiger partial charge in [0.15, 0.2) is 0 Å². The molecule has 0 bridgehead atoms. The van der Waals surface area contributed by atoms with Gasteiger partial charge in [0.05, 0.1) is 6.10 Å². The zero-order chi connectivity index (χ0) is 15.9. The van der Waals surface area contributed by atoms with E-state index in [9.17, 15) is 18.7 Å². The molecule has 0 unspecified atom stereocenters. The highest BCUT2D eigenvalue weighted by Gasteiger charge is 2.29. The maximum absolute atomic E-state index is 14.3. The summed E-state index contributed by atoms with van der Waals surface area (Å²) in [5.74, 6) is -1.20. The number of halogens is 2. The van der Waals surface area contributed by atoms with Gasteiger partial charge in [0.1, 0.15) is 11.6 Å². The average molecular weight is 303 g/mol. The van der Waals surface area contributed by atoms with Crippen molar-refractivity contribution in [1.82, 2.24) is 4.90 Å². The van der Waals surface area contributed by atoms with Crippen LogP contribution in [0.1, 0.15) is 15.9 Å². The number of carbonyl (C=O) groups is 1. The van der Waals surface area contributed by atoms with Gasteiger partial charge in [-0.2, -0.15) is 0 Å². The Labute approximate surface area is 126 Å². The van der Waals surface area contributed by atoms with Crippen molar-refractivity contribution in [2.75, 3.05) is 13.1 Å². The Bertz CT molecular complexity index is 739. The molecule has 1 heterocycles. The lowest BCUT2D eigenvalue weighted by molar-refractivity contribution is 0.00587. The largest absolute Gasteiger partial charge is 0.389 e. The number of aliphatic hydroxyl groups is 1. The molecule has 22 heavy (non-hydrogen) atoms. The first-order valence-electron chi connectivity index (χ1n) is 6.99. The zero-order valence-electron chi connectivity index (χ0n) is 12.0. The molecule has 0 spiro atoms. The van der Waals surface area contributed by atoms with Gasteiger partial charge in [-0.1, -0.05) is 12.1 Å². The molecule has 1 fully saturated rings. The van der Waals surface area contributed by atoms with Gasteiger partial charge in [-0.15, -0.1) is 0 Å². The Morgan fingerprint density at radius 1 is 1.14 bits per heavy atom. The Hall–Kier alpha value is -2.27. The van der Waals surface area contributed by atoms with Gasteiger partial charge >= 0.3 is 0 Å². The molecule has 1 N–H and O–H groups in total. The molecule has 1 saturated heterocycles. The van der Waals surface area contributed by atoms with E-state index in [4.69, 9.17) is 0 Å². The van der Waals surface area contributed by atoms with E-state index < -0.39 is 11.9 Å². The van der Waals surface area contributed by atoms with Gasteiger partial charge in [-0.05, 0) is 42.3 Å². The number of carbonyl (C=O) groups excluding carboxylic acids is 1. The first-order chi connectivity index (χ1) is 10.5. The monoisotopic (exact) mass is 303 g/mol. The van der Waals surface area contributed by atoms with Crippen molar-refractivity contribution in [3.63, 3.8) is 0 Å². The van der Waals surface area contributed by atoms with Gasteiger partial charge in [-0.3, -0.25) is 4.79 Å². The second-order valence-corrected chi connectivity index (χ2v) is 5.52. The fourth-order valence-corrected chi connectivity index (χ4v) is 2.60. The third kappa shape index (κ3) is 2.60.